The summed E-state index contributed by atoms with van der Waals surface area (Å²) in [5.41, 5.74) is 0.397. The van der Waals surface area contributed by atoms with Gasteiger partial charge in [0.15, 0.2) is 5.65 Å². The molecule has 0 aliphatic heterocycles. The summed E-state index contributed by atoms with van der Waals surface area (Å²) in [6.45, 7) is 0. The van der Waals surface area contributed by atoms with E-state index in [2.05, 4.69) is 20.9 Å². The van der Waals surface area contributed by atoms with Crippen LogP contribution in [0, 0.1) is 0 Å². The maximum Gasteiger partial charge on any atom is 0.269 e. The first-order valence-electron chi connectivity index (χ1n) is 6.04. The average molecular weight is 367 g/mol. The summed E-state index contributed by atoms with van der Waals surface area (Å²) in [5.74, 6) is 0.605. The predicted molar refractivity (Wildman–Crippen MR) is 83.0 cm³/mol. The Bertz CT molecular complexity index is 902. The summed E-state index contributed by atoms with van der Waals surface area (Å²) < 4.78 is 32.3. The van der Waals surface area contributed by atoms with Crippen LogP contribution in [0.3, 0.4) is 0 Å². The molecular formula is C14H11BrN2O3S. The molecule has 0 saturated carbocycles. The molecule has 2 heterocycles. The van der Waals surface area contributed by atoms with E-state index in [9.17, 15) is 8.42 Å². The van der Waals surface area contributed by atoms with E-state index in [1.54, 1.807) is 24.4 Å². The molecule has 1 aromatic carbocycles. The minimum Gasteiger partial charge on any atom is -0.497 e. The molecule has 3 aromatic rings. The minimum absolute atomic E-state index is 0.186. The number of halogens is 1. The Morgan fingerprint density at radius 1 is 1.19 bits per heavy atom. The first-order valence-corrected chi connectivity index (χ1v) is 8.28. The predicted octanol–water partition coefficient (Wildman–Crippen LogP) is 3.04. The van der Waals surface area contributed by atoms with E-state index in [1.807, 2.05) is 6.07 Å². The van der Waals surface area contributed by atoms with Crippen LogP contribution in [0.1, 0.15) is 0 Å². The molecular weight excluding hydrogens is 356 g/mol. The van der Waals surface area contributed by atoms with Crippen LogP contribution < -0.4 is 4.74 Å². The molecule has 0 amide bonds. The molecule has 7 heteroatoms. The molecule has 0 aliphatic carbocycles. The summed E-state index contributed by atoms with van der Waals surface area (Å²) in [6, 6.07) is 9.79. The van der Waals surface area contributed by atoms with Crippen LogP contribution in [0.5, 0.6) is 5.75 Å². The number of fused-ring (bicyclic) bond motifs is 1. The van der Waals surface area contributed by atoms with E-state index in [-0.39, 0.29) is 4.90 Å². The van der Waals surface area contributed by atoms with Crippen LogP contribution in [0.25, 0.3) is 11.0 Å². The van der Waals surface area contributed by atoms with E-state index in [1.165, 1.54) is 29.4 Å². The zero-order chi connectivity index (χ0) is 15.0. The van der Waals surface area contributed by atoms with Crippen molar-refractivity contribution in [1.82, 2.24) is 8.96 Å². The number of ether oxygens (including phenoxy) is 1. The molecule has 0 fully saturated rings. The van der Waals surface area contributed by atoms with Crippen LogP contribution in [0.4, 0.5) is 0 Å². The second kappa shape index (κ2) is 5.16. The van der Waals surface area contributed by atoms with Crippen LogP contribution in [0.2, 0.25) is 0 Å². The number of hydrogen-bond donors (Lipinski definition) is 0. The molecule has 0 atom stereocenters. The molecule has 0 saturated heterocycles. The number of pyridine rings is 1. The lowest BCUT2D eigenvalue weighted by Crippen LogP contribution is -2.12. The Morgan fingerprint density at radius 3 is 2.57 bits per heavy atom. The Hall–Kier alpha value is -1.86. The summed E-state index contributed by atoms with van der Waals surface area (Å²) in [4.78, 5) is 4.36. The SMILES string of the molecule is COc1ccc(S(=O)(=O)n2ccc3cc(Br)cnc32)cc1. The molecule has 0 N–H and O–H groups in total. The maximum atomic E-state index is 12.7. The van der Waals surface area contributed by atoms with E-state index in [4.69, 9.17) is 4.74 Å². The number of benzene rings is 1. The van der Waals surface area contributed by atoms with Gasteiger partial charge in [-0.05, 0) is 52.3 Å². The van der Waals surface area contributed by atoms with E-state index in [0.717, 1.165) is 9.86 Å². The summed E-state index contributed by atoms with van der Waals surface area (Å²) >= 11 is 3.32. The maximum absolute atomic E-state index is 12.7. The molecule has 3 rings (SSSR count). The van der Waals surface area contributed by atoms with Crippen LogP contribution in [-0.4, -0.2) is 24.5 Å². The monoisotopic (exact) mass is 366 g/mol. The van der Waals surface area contributed by atoms with E-state index >= 15 is 0 Å². The Labute approximate surface area is 130 Å². The fraction of sp³-hybridized carbons (Fsp3) is 0.0714. The fourth-order valence-electron chi connectivity index (χ4n) is 2.03. The molecule has 0 spiro atoms. The smallest absolute Gasteiger partial charge is 0.269 e. The summed E-state index contributed by atoms with van der Waals surface area (Å²) in [7, 11) is -2.14. The Balaban J connectivity index is 2.15. The van der Waals surface area contributed by atoms with Crippen molar-refractivity contribution in [3.8, 4) is 5.75 Å². The lowest BCUT2D eigenvalue weighted by molar-refractivity contribution is 0.414. The number of aromatic nitrogens is 2. The third-order valence-electron chi connectivity index (χ3n) is 3.08. The second-order valence-corrected chi connectivity index (χ2v) is 7.09. The van der Waals surface area contributed by atoms with Gasteiger partial charge in [0, 0.05) is 22.3 Å². The van der Waals surface area contributed by atoms with Gasteiger partial charge in [-0.3, -0.25) is 0 Å². The van der Waals surface area contributed by atoms with Gasteiger partial charge < -0.3 is 4.74 Å². The second-order valence-electron chi connectivity index (χ2n) is 4.36. The van der Waals surface area contributed by atoms with Crippen LogP contribution in [-0.2, 0) is 10.0 Å². The van der Waals surface area contributed by atoms with Crippen LogP contribution in [0.15, 0.2) is 58.2 Å². The standard InChI is InChI=1S/C14H11BrN2O3S/c1-20-12-2-4-13(5-3-12)21(18,19)17-7-6-10-8-11(15)9-16-14(10)17/h2-9H,1H3. The molecule has 108 valence electrons. The normalized spacial score (nSPS) is 11.7. The molecule has 2 aromatic heterocycles. The largest absolute Gasteiger partial charge is 0.497 e. The van der Waals surface area contributed by atoms with Crippen LogP contribution >= 0.6 is 15.9 Å². The van der Waals surface area contributed by atoms with Gasteiger partial charge in [-0.2, -0.15) is 0 Å². The number of nitrogens with zero attached hydrogens (tertiary/aromatic N) is 2. The van der Waals surface area contributed by atoms with Crippen molar-refractivity contribution in [3.05, 3.63) is 53.3 Å². The molecule has 21 heavy (non-hydrogen) atoms. The highest BCUT2D eigenvalue weighted by Gasteiger charge is 2.19. The first kappa shape index (κ1) is 14.1. The van der Waals surface area contributed by atoms with Crippen molar-refractivity contribution < 1.29 is 13.2 Å². The molecule has 0 unspecified atom stereocenters. The fourth-order valence-corrected chi connectivity index (χ4v) is 3.69. The molecule has 0 radical (unpaired) electrons. The third-order valence-corrected chi connectivity index (χ3v) is 5.19. The van der Waals surface area contributed by atoms with Gasteiger partial charge in [-0.25, -0.2) is 17.4 Å². The topological polar surface area (TPSA) is 61.2 Å². The van der Waals surface area contributed by atoms with Crippen molar-refractivity contribution in [2.75, 3.05) is 7.11 Å². The van der Waals surface area contributed by atoms with Gasteiger partial charge in [0.05, 0.1) is 12.0 Å². The molecule has 0 bridgehead atoms. The zero-order valence-electron chi connectivity index (χ0n) is 11.0. The summed E-state index contributed by atoms with van der Waals surface area (Å²) in [6.07, 6.45) is 3.08. The first-order chi connectivity index (χ1) is 10.0. The lowest BCUT2D eigenvalue weighted by Gasteiger charge is -2.07. The van der Waals surface area contributed by atoms with Gasteiger partial charge in [0.25, 0.3) is 10.0 Å². The van der Waals surface area contributed by atoms with Gasteiger partial charge in [0.1, 0.15) is 5.75 Å². The average Bonchev–Trinajstić information content (AvgIpc) is 2.91. The van der Waals surface area contributed by atoms with Gasteiger partial charge in [-0.1, -0.05) is 0 Å². The van der Waals surface area contributed by atoms with Crippen molar-refractivity contribution in [2.45, 2.75) is 4.90 Å². The molecule has 0 aliphatic rings. The number of methoxy groups -OCH3 is 1. The summed E-state index contributed by atoms with van der Waals surface area (Å²) in [5, 5.41) is 0.751. The Kier molecular flexibility index (Phi) is 3.46. The van der Waals surface area contributed by atoms with Gasteiger partial charge in [0.2, 0.25) is 0 Å². The third kappa shape index (κ3) is 2.43. The Morgan fingerprint density at radius 2 is 1.90 bits per heavy atom. The van der Waals surface area contributed by atoms with Crippen molar-refractivity contribution in [1.29, 1.82) is 0 Å². The van der Waals surface area contributed by atoms with Crippen molar-refractivity contribution >= 4 is 37.0 Å². The van der Waals surface area contributed by atoms with E-state index < -0.39 is 10.0 Å². The lowest BCUT2D eigenvalue weighted by atomic mass is 10.3. The highest BCUT2D eigenvalue weighted by atomic mass is 79.9. The highest BCUT2D eigenvalue weighted by molar-refractivity contribution is 9.10. The van der Waals surface area contributed by atoms with Gasteiger partial charge >= 0.3 is 0 Å². The van der Waals surface area contributed by atoms with Gasteiger partial charge in [-0.15, -0.1) is 0 Å². The number of rotatable bonds is 3. The minimum atomic E-state index is -3.68. The molecule has 5 nitrogen and oxygen atoms in total. The van der Waals surface area contributed by atoms with Crippen molar-refractivity contribution in [3.63, 3.8) is 0 Å². The quantitative estimate of drug-likeness (QED) is 0.714. The zero-order valence-corrected chi connectivity index (χ0v) is 13.4. The number of hydrogen-bond acceptors (Lipinski definition) is 4. The highest BCUT2D eigenvalue weighted by Crippen LogP contribution is 2.24. The van der Waals surface area contributed by atoms with E-state index in [0.29, 0.717) is 11.4 Å². The van der Waals surface area contributed by atoms with Crippen molar-refractivity contribution in [2.24, 2.45) is 0 Å².